The summed E-state index contributed by atoms with van der Waals surface area (Å²) in [4.78, 5) is 0. The maximum Gasteiger partial charge on any atom is 0.126 e. The smallest absolute Gasteiger partial charge is 0.126 e. The number of benzene rings is 1. The lowest BCUT2D eigenvalue weighted by Gasteiger charge is -2.42. The Balaban J connectivity index is 1.94. The summed E-state index contributed by atoms with van der Waals surface area (Å²) in [5, 5.41) is 3.42. The van der Waals surface area contributed by atoms with E-state index in [0.717, 1.165) is 25.9 Å². The van der Waals surface area contributed by atoms with Crippen LogP contribution in [0.25, 0.3) is 0 Å². The third-order valence-electron chi connectivity index (χ3n) is 4.18. The van der Waals surface area contributed by atoms with Crippen LogP contribution in [0.2, 0.25) is 0 Å². The van der Waals surface area contributed by atoms with Gasteiger partial charge in [0.15, 0.2) is 0 Å². The molecule has 0 radical (unpaired) electrons. The standard InChI is InChI=1S/C15H21NO/c1-11-9-12(2)14-13(10-11)3-4-15(17-14)5-7-16-8-6-15/h9-10,16H,3-8H2,1-2H3. The van der Waals surface area contributed by atoms with Crippen LogP contribution >= 0.6 is 0 Å². The Hall–Kier alpha value is -1.02. The fourth-order valence-electron chi connectivity index (χ4n) is 3.24. The number of rotatable bonds is 0. The van der Waals surface area contributed by atoms with Crippen LogP contribution in [0.4, 0.5) is 0 Å². The fraction of sp³-hybridized carbons (Fsp3) is 0.600. The summed E-state index contributed by atoms with van der Waals surface area (Å²) in [5.74, 6) is 1.17. The average molecular weight is 231 g/mol. The molecule has 2 aliphatic heterocycles. The number of nitrogens with one attached hydrogen (secondary N) is 1. The second-order valence-corrected chi connectivity index (χ2v) is 5.61. The van der Waals surface area contributed by atoms with Crippen molar-refractivity contribution < 1.29 is 4.74 Å². The first kappa shape index (κ1) is 11.1. The minimum atomic E-state index is 0.123. The van der Waals surface area contributed by atoms with Gasteiger partial charge in [-0.1, -0.05) is 17.7 Å². The Morgan fingerprint density at radius 3 is 2.65 bits per heavy atom. The van der Waals surface area contributed by atoms with Gasteiger partial charge in [-0.05, 0) is 63.7 Å². The SMILES string of the molecule is Cc1cc(C)c2c(c1)CCC1(CCNCC1)O2. The van der Waals surface area contributed by atoms with Crippen molar-refractivity contribution in [2.45, 2.75) is 45.1 Å². The Morgan fingerprint density at radius 2 is 1.88 bits per heavy atom. The highest BCUT2D eigenvalue weighted by atomic mass is 16.5. The van der Waals surface area contributed by atoms with E-state index in [0.29, 0.717) is 0 Å². The molecule has 3 rings (SSSR count). The van der Waals surface area contributed by atoms with Crippen LogP contribution in [0.5, 0.6) is 5.75 Å². The van der Waals surface area contributed by atoms with Crippen molar-refractivity contribution in [3.8, 4) is 5.75 Å². The van der Waals surface area contributed by atoms with E-state index in [1.165, 1.54) is 35.3 Å². The first-order valence-corrected chi connectivity index (χ1v) is 6.68. The molecule has 2 nitrogen and oxygen atoms in total. The molecule has 0 atom stereocenters. The molecule has 1 aromatic rings. The molecule has 1 N–H and O–H groups in total. The molecule has 0 amide bonds. The quantitative estimate of drug-likeness (QED) is 0.741. The summed E-state index contributed by atoms with van der Waals surface area (Å²) >= 11 is 0. The van der Waals surface area contributed by atoms with Crippen molar-refractivity contribution in [3.63, 3.8) is 0 Å². The molecule has 0 bridgehead atoms. The van der Waals surface area contributed by atoms with Crippen molar-refractivity contribution in [3.05, 3.63) is 28.8 Å². The van der Waals surface area contributed by atoms with E-state index in [1.54, 1.807) is 0 Å². The normalized spacial score (nSPS) is 22.0. The largest absolute Gasteiger partial charge is 0.487 e. The number of hydrogen-bond acceptors (Lipinski definition) is 2. The molecule has 17 heavy (non-hydrogen) atoms. The first-order valence-electron chi connectivity index (χ1n) is 6.68. The lowest BCUT2D eigenvalue weighted by atomic mass is 9.83. The zero-order valence-electron chi connectivity index (χ0n) is 10.8. The van der Waals surface area contributed by atoms with E-state index >= 15 is 0 Å². The number of fused-ring (bicyclic) bond motifs is 1. The summed E-state index contributed by atoms with van der Waals surface area (Å²) in [5.41, 5.74) is 4.19. The molecule has 0 saturated carbocycles. The Morgan fingerprint density at radius 1 is 1.12 bits per heavy atom. The second-order valence-electron chi connectivity index (χ2n) is 5.61. The van der Waals surface area contributed by atoms with Gasteiger partial charge in [0, 0.05) is 0 Å². The molecule has 1 aromatic carbocycles. The average Bonchev–Trinajstić information content (AvgIpc) is 2.32. The molecule has 0 unspecified atom stereocenters. The molecule has 1 fully saturated rings. The third-order valence-corrected chi connectivity index (χ3v) is 4.18. The van der Waals surface area contributed by atoms with Crippen molar-refractivity contribution in [1.29, 1.82) is 0 Å². The second kappa shape index (κ2) is 4.02. The lowest BCUT2D eigenvalue weighted by molar-refractivity contribution is 0.0163. The van der Waals surface area contributed by atoms with Crippen LogP contribution < -0.4 is 10.1 Å². The molecular formula is C15H21NO. The van der Waals surface area contributed by atoms with Gasteiger partial charge in [0.25, 0.3) is 0 Å². The van der Waals surface area contributed by atoms with E-state index in [1.807, 2.05) is 0 Å². The maximum atomic E-state index is 6.41. The lowest BCUT2D eigenvalue weighted by Crippen LogP contribution is -2.48. The highest BCUT2D eigenvalue weighted by molar-refractivity contribution is 5.45. The van der Waals surface area contributed by atoms with Gasteiger partial charge in [0.2, 0.25) is 0 Å². The van der Waals surface area contributed by atoms with Gasteiger partial charge in [0.05, 0.1) is 0 Å². The van der Waals surface area contributed by atoms with Crippen molar-refractivity contribution >= 4 is 0 Å². The van der Waals surface area contributed by atoms with Crippen molar-refractivity contribution in [2.24, 2.45) is 0 Å². The fourth-order valence-corrected chi connectivity index (χ4v) is 3.24. The van der Waals surface area contributed by atoms with E-state index in [9.17, 15) is 0 Å². The van der Waals surface area contributed by atoms with Crippen molar-refractivity contribution in [1.82, 2.24) is 5.32 Å². The topological polar surface area (TPSA) is 21.3 Å². The summed E-state index contributed by atoms with van der Waals surface area (Å²) in [6.45, 7) is 6.54. The van der Waals surface area contributed by atoms with Gasteiger partial charge in [-0.3, -0.25) is 0 Å². The van der Waals surface area contributed by atoms with Gasteiger partial charge in [-0.25, -0.2) is 0 Å². The predicted octanol–water partition coefficient (Wildman–Crippen LogP) is 2.75. The van der Waals surface area contributed by atoms with E-state index in [4.69, 9.17) is 4.74 Å². The first-order chi connectivity index (χ1) is 8.19. The minimum absolute atomic E-state index is 0.123. The van der Waals surface area contributed by atoms with E-state index in [2.05, 4.69) is 31.3 Å². The van der Waals surface area contributed by atoms with Crippen LogP contribution in [0.1, 0.15) is 36.0 Å². The van der Waals surface area contributed by atoms with Crippen LogP contribution in [-0.4, -0.2) is 18.7 Å². The third kappa shape index (κ3) is 1.95. The molecule has 2 heteroatoms. The van der Waals surface area contributed by atoms with Crippen LogP contribution in [0.3, 0.4) is 0 Å². The Bertz CT molecular complexity index is 433. The summed E-state index contributed by atoms with van der Waals surface area (Å²) in [6.07, 6.45) is 4.67. The van der Waals surface area contributed by atoms with Crippen LogP contribution in [0.15, 0.2) is 12.1 Å². The highest BCUT2D eigenvalue weighted by Gasteiger charge is 2.37. The molecule has 2 aliphatic rings. The number of aryl methyl sites for hydroxylation is 3. The molecule has 0 aliphatic carbocycles. The molecular weight excluding hydrogens is 210 g/mol. The number of ether oxygens (including phenoxy) is 1. The predicted molar refractivity (Wildman–Crippen MR) is 69.7 cm³/mol. The number of piperidine rings is 1. The van der Waals surface area contributed by atoms with Crippen molar-refractivity contribution in [2.75, 3.05) is 13.1 Å². The monoisotopic (exact) mass is 231 g/mol. The van der Waals surface area contributed by atoms with Gasteiger partial charge in [-0.15, -0.1) is 0 Å². The molecule has 0 aromatic heterocycles. The maximum absolute atomic E-state index is 6.41. The van der Waals surface area contributed by atoms with Crippen LogP contribution in [0, 0.1) is 13.8 Å². The van der Waals surface area contributed by atoms with Gasteiger partial charge in [-0.2, -0.15) is 0 Å². The zero-order chi connectivity index (χ0) is 11.9. The molecule has 2 heterocycles. The van der Waals surface area contributed by atoms with Gasteiger partial charge in [0.1, 0.15) is 11.4 Å². The van der Waals surface area contributed by atoms with Gasteiger partial charge >= 0.3 is 0 Å². The van der Waals surface area contributed by atoms with E-state index < -0.39 is 0 Å². The van der Waals surface area contributed by atoms with Gasteiger partial charge < -0.3 is 10.1 Å². The molecule has 1 spiro atoms. The Labute approximate surface area is 103 Å². The Kier molecular flexibility index (Phi) is 2.62. The van der Waals surface area contributed by atoms with Crippen LogP contribution in [-0.2, 0) is 6.42 Å². The minimum Gasteiger partial charge on any atom is -0.487 e. The zero-order valence-corrected chi connectivity index (χ0v) is 10.8. The molecule has 92 valence electrons. The highest BCUT2D eigenvalue weighted by Crippen LogP contribution is 2.40. The van der Waals surface area contributed by atoms with E-state index in [-0.39, 0.29) is 5.60 Å². The molecule has 1 saturated heterocycles. The summed E-state index contributed by atoms with van der Waals surface area (Å²) < 4.78 is 6.41. The number of hydrogen-bond donors (Lipinski definition) is 1. The summed E-state index contributed by atoms with van der Waals surface area (Å²) in [7, 11) is 0. The summed E-state index contributed by atoms with van der Waals surface area (Å²) in [6, 6.07) is 4.52.